The number of fused-ring (bicyclic) bond motifs is 3. The Balaban J connectivity index is 1.89. The van der Waals surface area contributed by atoms with Gasteiger partial charge in [-0.2, -0.15) is 0 Å². The zero-order valence-corrected chi connectivity index (χ0v) is 17.6. The largest absolute Gasteiger partial charge is 0.511 e. The molecule has 4 rings (SSSR count). The van der Waals surface area contributed by atoms with Crippen LogP contribution in [0.4, 0.5) is 0 Å². The van der Waals surface area contributed by atoms with Gasteiger partial charge in [-0.25, -0.2) is 0 Å². The molecule has 0 amide bonds. The third-order valence-electron chi connectivity index (χ3n) is 6.63. The highest BCUT2D eigenvalue weighted by Crippen LogP contribution is 2.51. The monoisotopic (exact) mass is 427 g/mol. The van der Waals surface area contributed by atoms with Crippen molar-refractivity contribution in [1.29, 1.82) is 0 Å². The molecule has 0 radical (unpaired) electrons. The summed E-state index contributed by atoms with van der Waals surface area (Å²) in [6.45, 7) is 1.64. The van der Waals surface area contributed by atoms with Crippen LogP contribution in [0.2, 0.25) is 0 Å². The SMILES string of the molecule is CC(=O)C1=C(O)C[C@@H]2C[C@@H]3Cc4c(CN(C)C)ccc(O)c4C(=O)C3=C(O)[C@]2(O)C1=O. The second-order valence-electron chi connectivity index (χ2n) is 8.94. The minimum absolute atomic E-state index is 0.0626. The van der Waals surface area contributed by atoms with Crippen LogP contribution in [0.25, 0.3) is 0 Å². The number of allylic oxidation sites excluding steroid dienone is 2. The maximum atomic E-state index is 13.4. The van der Waals surface area contributed by atoms with E-state index in [1.54, 1.807) is 6.07 Å². The Morgan fingerprint density at radius 1 is 1.16 bits per heavy atom. The van der Waals surface area contributed by atoms with Gasteiger partial charge >= 0.3 is 0 Å². The van der Waals surface area contributed by atoms with Crippen LogP contribution in [-0.4, -0.2) is 62.4 Å². The smallest absolute Gasteiger partial charge is 0.209 e. The summed E-state index contributed by atoms with van der Waals surface area (Å²) >= 11 is 0. The van der Waals surface area contributed by atoms with Gasteiger partial charge in [-0.15, -0.1) is 0 Å². The van der Waals surface area contributed by atoms with Crippen LogP contribution in [0.5, 0.6) is 5.75 Å². The fourth-order valence-corrected chi connectivity index (χ4v) is 5.28. The lowest BCUT2D eigenvalue weighted by atomic mass is 9.60. The lowest BCUT2D eigenvalue weighted by Gasteiger charge is -2.45. The van der Waals surface area contributed by atoms with Crippen molar-refractivity contribution in [2.75, 3.05) is 14.1 Å². The molecule has 0 bridgehead atoms. The van der Waals surface area contributed by atoms with E-state index in [2.05, 4.69) is 0 Å². The molecule has 164 valence electrons. The molecule has 4 N–H and O–H groups in total. The fourth-order valence-electron chi connectivity index (χ4n) is 5.28. The van der Waals surface area contributed by atoms with E-state index in [4.69, 9.17) is 0 Å². The molecule has 0 heterocycles. The van der Waals surface area contributed by atoms with E-state index in [0.717, 1.165) is 12.5 Å². The number of hydrogen-bond donors (Lipinski definition) is 4. The van der Waals surface area contributed by atoms with Crippen molar-refractivity contribution in [2.45, 2.75) is 38.3 Å². The van der Waals surface area contributed by atoms with Crippen molar-refractivity contribution in [3.8, 4) is 5.75 Å². The number of hydrogen-bond acceptors (Lipinski definition) is 8. The van der Waals surface area contributed by atoms with Crippen molar-refractivity contribution in [3.63, 3.8) is 0 Å². The number of aliphatic hydroxyl groups is 3. The van der Waals surface area contributed by atoms with E-state index in [1.807, 2.05) is 19.0 Å². The number of rotatable bonds is 3. The summed E-state index contributed by atoms with van der Waals surface area (Å²) < 4.78 is 0. The first-order valence-electron chi connectivity index (χ1n) is 10.1. The molecule has 0 saturated heterocycles. The van der Waals surface area contributed by atoms with Crippen LogP contribution in [0, 0.1) is 11.8 Å². The second kappa shape index (κ2) is 7.03. The zero-order chi connectivity index (χ0) is 22.8. The van der Waals surface area contributed by atoms with Gasteiger partial charge in [0.05, 0.1) is 5.56 Å². The summed E-state index contributed by atoms with van der Waals surface area (Å²) in [5, 5.41) is 42.9. The summed E-state index contributed by atoms with van der Waals surface area (Å²) in [7, 11) is 3.77. The molecule has 1 aromatic carbocycles. The molecule has 3 atom stereocenters. The first kappa shape index (κ1) is 21.3. The van der Waals surface area contributed by atoms with Crippen LogP contribution in [0.3, 0.4) is 0 Å². The first-order chi connectivity index (χ1) is 14.5. The van der Waals surface area contributed by atoms with Crippen molar-refractivity contribution in [1.82, 2.24) is 4.90 Å². The molecule has 8 nitrogen and oxygen atoms in total. The molecule has 3 aliphatic carbocycles. The van der Waals surface area contributed by atoms with E-state index >= 15 is 0 Å². The molecule has 0 spiro atoms. The molecule has 0 unspecified atom stereocenters. The van der Waals surface area contributed by atoms with Gasteiger partial charge in [0.1, 0.15) is 22.8 Å². The predicted octanol–water partition coefficient (Wildman–Crippen LogP) is 1.75. The summed E-state index contributed by atoms with van der Waals surface area (Å²) in [5.41, 5.74) is -1.51. The Labute approximate surface area is 179 Å². The van der Waals surface area contributed by atoms with E-state index in [-0.39, 0.29) is 29.7 Å². The van der Waals surface area contributed by atoms with Crippen molar-refractivity contribution in [2.24, 2.45) is 11.8 Å². The minimum Gasteiger partial charge on any atom is -0.511 e. The third-order valence-corrected chi connectivity index (χ3v) is 6.63. The number of aromatic hydroxyl groups is 1. The second-order valence-corrected chi connectivity index (χ2v) is 8.94. The lowest BCUT2D eigenvalue weighted by molar-refractivity contribution is -0.144. The predicted molar refractivity (Wildman–Crippen MR) is 110 cm³/mol. The number of carbonyl (C=O) groups excluding carboxylic acids is 3. The Bertz CT molecular complexity index is 1100. The molecule has 0 saturated carbocycles. The minimum atomic E-state index is -2.46. The molecule has 0 aromatic heterocycles. The van der Waals surface area contributed by atoms with Crippen LogP contribution < -0.4 is 0 Å². The Morgan fingerprint density at radius 2 is 1.84 bits per heavy atom. The number of benzene rings is 1. The highest BCUT2D eigenvalue weighted by atomic mass is 16.3. The fraction of sp³-hybridized carbons (Fsp3) is 0.435. The zero-order valence-electron chi connectivity index (χ0n) is 17.6. The van der Waals surface area contributed by atoms with Gasteiger partial charge in [-0.05, 0) is 57.0 Å². The number of nitrogens with zero attached hydrogens (tertiary/aromatic N) is 1. The van der Waals surface area contributed by atoms with Crippen LogP contribution in [0.15, 0.2) is 34.8 Å². The first-order valence-corrected chi connectivity index (χ1v) is 10.1. The molecule has 31 heavy (non-hydrogen) atoms. The normalized spacial score (nSPS) is 27.9. The maximum absolute atomic E-state index is 13.4. The van der Waals surface area contributed by atoms with Gasteiger partial charge in [0.25, 0.3) is 0 Å². The number of carbonyl (C=O) groups is 3. The van der Waals surface area contributed by atoms with Crippen LogP contribution in [0.1, 0.15) is 41.3 Å². The number of phenolic OH excluding ortho intramolecular Hbond substituents is 1. The van der Waals surface area contributed by atoms with E-state index in [9.17, 15) is 34.8 Å². The van der Waals surface area contributed by atoms with Gasteiger partial charge in [0, 0.05) is 24.5 Å². The van der Waals surface area contributed by atoms with Crippen molar-refractivity contribution >= 4 is 17.3 Å². The van der Waals surface area contributed by atoms with Crippen molar-refractivity contribution in [3.05, 3.63) is 51.5 Å². The summed E-state index contributed by atoms with van der Waals surface area (Å²) in [6, 6.07) is 3.18. The number of Topliss-reactive ketones (excluding diaryl/α,β-unsaturated/α-hetero) is 3. The van der Waals surface area contributed by atoms with Gasteiger partial charge in [-0.3, -0.25) is 14.4 Å². The maximum Gasteiger partial charge on any atom is 0.209 e. The van der Waals surface area contributed by atoms with Gasteiger partial charge in [0.15, 0.2) is 17.2 Å². The Kier molecular flexibility index (Phi) is 4.83. The van der Waals surface area contributed by atoms with E-state index in [1.165, 1.54) is 6.07 Å². The van der Waals surface area contributed by atoms with Crippen molar-refractivity contribution < 1.29 is 34.8 Å². The molecular weight excluding hydrogens is 402 g/mol. The Hall–Kier alpha value is -2.97. The van der Waals surface area contributed by atoms with E-state index < -0.39 is 51.9 Å². The Morgan fingerprint density at radius 3 is 2.45 bits per heavy atom. The molecular formula is C23H25NO7. The topological polar surface area (TPSA) is 135 Å². The number of phenols is 1. The average Bonchev–Trinajstić information content (AvgIpc) is 2.66. The average molecular weight is 427 g/mol. The lowest BCUT2D eigenvalue weighted by Crippen LogP contribution is -2.56. The molecule has 3 aliphatic rings. The van der Waals surface area contributed by atoms with Crippen LogP contribution in [-0.2, 0) is 22.6 Å². The standard InChI is InChI=1S/C23H25NO7/c1-10(25)17-16(27)8-13-6-12-7-14-11(9-24(2)3)4-5-15(26)19(14)20(28)18(12)22(30)23(13,31)21(17)29/h4-5,12-13,26-27,30-31H,6-9H2,1-3H3/t12-,13+,23-/m1/s1. The summed E-state index contributed by atoms with van der Waals surface area (Å²) in [6.07, 6.45) is 0.346. The van der Waals surface area contributed by atoms with E-state index in [0.29, 0.717) is 18.5 Å². The highest BCUT2D eigenvalue weighted by molar-refractivity contribution is 6.25. The highest BCUT2D eigenvalue weighted by Gasteiger charge is 2.59. The van der Waals surface area contributed by atoms with Gasteiger partial charge in [0.2, 0.25) is 5.78 Å². The van der Waals surface area contributed by atoms with Crippen LogP contribution >= 0.6 is 0 Å². The third kappa shape index (κ3) is 2.93. The quantitative estimate of drug-likeness (QED) is 0.536. The molecule has 8 heteroatoms. The molecule has 1 aromatic rings. The number of aliphatic hydroxyl groups excluding tert-OH is 2. The molecule has 0 aliphatic heterocycles. The molecule has 0 fully saturated rings. The summed E-state index contributed by atoms with van der Waals surface area (Å²) in [5.74, 6) is -5.23. The number of ketones is 3. The van der Waals surface area contributed by atoms with Gasteiger partial charge < -0.3 is 25.3 Å². The summed E-state index contributed by atoms with van der Waals surface area (Å²) in [4.78, 5) is 40.2. The van der Waals surface area contributed by atoms with Gasteiger partial charge in [-0.1, -0.05) is 6.07 Å².